The Bertz CT molecular complexity index is 1280. The van der Waals surface area contributed by atoms with Crippen molar-refractivity contribution in [2.24, 2.45) is 0 Å². The minimum Gasteiger partial charge on any atom is -0.457 e. The Balaban J connectivity index is 1.73. The maximum absolute atomic E-state index is 14.4. The van der Waals surface area contributed by atoms with Gasteiger partial charge in [0.15, 0.2) is 0 Å². The smallest absolute Gasteiger partial charge is 0.411 e. The van der Waals surface area contributed by atoms with E-state index in [1.54, 1.807) is 48.5 Å². The average molecular weight is 502 g/mol. The Morgan fingerprint density at radius 3 is 1.33 bits per heavy atom. The number of para-hydroxylation sites is 1. The molecule has 0 fully saturated rings. The van der Waals surface area contributed by atoms with Crippen molar-refractivity contribution in [3.8, 4) is 23.0 Å². The van der Waals surface area contributed by atoms with Crippen LogP contribution in [0.3, 0.4) is 0 Å². The van der Waals surface area contributed by atoms with Crippen LogP contribution in [0.1, 0.15) is 16.7 Å². The van der Waals surface area contributed by atoms with Gasteiger partial charge in [0.1, 0.15) is 23.0 Å². The summed E-state index contributed by atoms with van der Waals surface area (Å²) < 4.78 is 97.5. The van der Waals surface area contributed by atoms with Crippen LogP contribution in [0.2, 0.25) is 0 Å². The maximum atomic E-state index is 14.4. The highest BCUT2D eigenvalue weighted by atomic mass is 19.4. The van der Waals surface area contributed by atoms with E-state index in [0.717, 1.165) is 54.1 Å². The zero-order chi connectivity index (χ0) is 26.0. The SMILES string of the molecule is Cc1cccc(Oc2ccc(C(c3ccc(Oc4ccccc4)cc3)(C(F)(F)F)C(F)(F)F)cc2)c1. The van der Waals surface area contributed by atoms with Crippen LogP contribution in [-0.2, 0) is 5.41 Å². The number of aryl methyl sites for hydroxylation is 1. The molecule has 0 radical (unpaired) electrons. The predicted molar refractivity (Wildman–Crippen MR) is 124 cm³/mol. The van der Waals surface area contributed by atoms with Gasteiger partial charge >= 0.3 is 12.4 Å². The normalized spacial score (nSPS) is 12.3. The van der Waals surface area contributed by atoms with Crippen molar-refractivity contribution in [3.05, 3.63) is 120 Å². The van der Waals surface area contributed by atoms with Crippen LogP contribution in [0.15, 0.2) is 103 Å². The minimum atomic E-state index is -5.69. The molecule has 186 valence electrons. The number of halogens is 6. The molecular weight excluding hydrogens is 482 g/mol. The van der Waals surface area contributed by atoms with Gasteiger partial charge in [0.2, 0.25) is 5.41 Å². The van der Waals surface area contributed by atoms with Crippen LogP contribution in [0.4, 0.5) is 26.3 Å². The van der Waals surface area contributed by atoms with E-state index in [0.29, 0.717) is 11.5 Å². The molecule has 8 heteroatoms. The molecule has 0 N–H and O–H groups in total. The van der Waals surface area contributed by atoms with Gasteiger partial charge < -0.3 is 9.47 Å². The molecule has 0 aliphatic heterocycles. The standard InChI is InChI=1S/C28H20F6O2/c1-19-6-5-9-25(18-19)36-24-16-12-21(13-17-24)26(27(29,30)31,28(32,33)34)20-10-14-23(15-11-20)35-22-7-3-2-4-8-22/h2-18H,1H3. The molecule has 0 saturated carbocycles. The van der Waals surface area contributed by atoms with Crippen molar-refractivity contribution < 1.29 is 35.8 Å². The van der Waals surface area contributed by atoms with Crippen molar-refractivity contribution in [2.75, 3.05) is 0 Å². The first-order valence-electron chi connectivity index (χ1n) is 10.8. The Morgan fingerprint density at radius 1 is 0.472 bits per heavy atom. The largest absolute Gasteiger partial charge is 0.457 e. The topological polar surface area (TPSA) is 18.5 Å². The van der Waals surface area contributed by atoms with E-state index in [4.69, 9.17) is 9.47 Å². The maximum Gasteiger partial charge on any atom is 0.411 e. The molecular formula is C28H20F6O2. The van der Waals surface area contributed by atoms with Crippen molar-refractivity contribution >= 4 is 0 Å². The molecule has 0 aromatic heterocycles. The molecule has 36 heavy (non-hydrogen) atoms. The fraction of sp³-hybridized carbons (Fsp3) is 0.143. The molecule has 4 aromatic carbocycles. The number of ether oxygens (including phenoxy) is 2. The van der Waals surface area contributed by atoms with Gasteiger partial charge in [-0.1, -0.05) is 54.6 Å². The number of benzene rings is 4. The lowest BCUT2D eigenvalue weighted by Gasteiger charge is -2.38. The lowest BCUT2D eigenvalue weighted by Crippen LogP contribution is -2.54. The summed E-state index contributed by atoms with van der Waals surface area (Å²) in [7, 11) is 0. The molecule has 0 spiro atoms. The van der Waals surface area contributed by atoms with E-state index in [1.807, 2.05) is 13.0 Å². The van der Waals surface area contributed by atoms with Crippen molar-refractivity contribution in [1.82, 2.24) is 0 Å². The first-order valence-corrected chi connectivity index (χ1v) is 10.8. The third-order valence-electron chi connectivity index (χ3n) is 5.63. The second-order valence-corrected chi connectivity index (χ2v) is 8.13. The summed E-state index contributed by atoms with van der Waals surface area (Å²) in [5.74, 6) is 1.02. The molecule has 0 aliphatic rings. The van der Waals surface area contributed by atoms with Gasteiger partial charge in [-0.05, 0) is 72.1 Å². The van der Waals surface area contributed by atoms with E-state index in [1.165, 1.54) is 0 Å². The Hall–Kier alpha value is -3.94. The molecule has 0 bridgehead atoms. The molecule has 4 rings (SSSR count). The van der Waals surface area contributed by atoms with E-state index in [9.17, 15) is 26.3 Å². The monoisotopic (exact) mass is 502 g/mol. The molecule has 4 aromatic rings. The van der Waals surface area contributed by atoms with E-state index in [-0.39, 0.29) is 11.5 Å². The number of rotatable bonds is 6. The fourth-order valence-electron chi connectivity index (χ4n) is 3.97. The second kappa shape index (κ2) is 9.60. The van der Waals surface area contributed by atoms with Gasteiger partial charge in [-0.2, -0.15) is 26.3 Å². The van der Waals surface area contributed by atoms with E-state index < -0.39 is 28.9 Å². The highest BCUT2D eigenvalue weighted by molar-refractivity contribution is 5.48. The summed E-state index contributed by atoms with van der Waals surface area (Å²) in [6, 6.07) is 22.8. The van der Waals surface area contributed by atoms with Crippen molar-refractivity contribution in [3.63, 3.8) is 0 Å². The summed E-state index contributed by atoms with van der Waals surface area (Å²) in [4.78, 5) is 0. The van der Waals surface area contributed by atoms with Gasteiger partial charge in [-0.15, -0.1) is 0 Å². The van der Waals surface area contributed by atoms with Crippen LogP contribution in [-0.4, -0.2) is 12.4 Å². The molecule has 0 aliphatic carbocycles. The second-order valence-electron chi connectivity index (χ2n) is 8.13. The third kappa shape index (κ3) is 4.89. The average Bonchev–Trinajstić information content (AvgIpc) is 2.81. The highest BCUT2D eigenvalue weighted by Crippen LogP contribution is 2.56. The summed E-state index contributed by atoms with van der Waals surface area (Å²) in [5.41, 5.74) is -5.32. The molecule has 2 nitrogen and oxygen atoms in total. The van der Waals surface area contributed by atoms with Gasteiger partial charge in [0.25, 0.3) is 0 Å². The quantitative estimate of drug-likeness (QED) is 0.245. The van der Waals surface area contributed by atoms with Crippen molar-refractivity contribution in [2.45, 2.75) is 24.7 Å². The van der Waals surface area contributed by atoms with Gasteiger partial charge in [0, 0.05) is 0 Å². The highest BCUT2D eigenvalue weighted by Gasteiger charge is 2.72. The minimum absolute atomic E-state index is 0.102. The summed E-state index contributed by atoms with van der Waals surface area (Å²) in [6.45, 7) is 1.83. The fourth-order valence-corrected chi connectivity index (χ4v) is 3.97. The van der Waals surface area contributed by atoms with Crippen LogP contribution >= 0.6 is 0 Å². The van der Waals surface area contributed by atoms with E-state index >= 15 is 0 Å². The number of hydrogen-bond donors (Lipinski definition) is 0. The molecule has 0 amide bonds. The Morgan fingerprint density at radius 2 is 0.889 bits per heavy atom. The molecule has 0 atom stereocenters. The molecule has 0 heterocycles. The van der Waals surface area contributed by atoms with Crippen LogP contribution < -0.4 is 9.47 Å². The van der Waals surface area contributed by atoms with Gasteiger partial charge in [0.05, 0.1) is 0 Å². The molecule has 0 unspecified atom stereocenters. The van der Waals surface area contributed by atoms with Crippen LogP contribution in [0, 0.1) is 6.92 Å². The number of alkyl halides is 6. The Labute approximate surface area is 203 Å². The van der Waals surface area contributed by atoms with Crippen LogP contribution in [0.25, 0.3) is 0 Å². The number of hydrogen-bond acceptors (Lipinski definition) is 2. The van der Waals surface area contributed by atoms with E-state index in [2.05, 4.69) is 0 Å². The zero-order valence-electron chi connectivity index (χ0n) is 18.9. The third-order valence-corrected chi connectivity index (χ3v) is 5.63. The first kappa shape index (κ1) is 25.2. The van der Waals surface area contributed by atoms with Crippen molar-refractivity contribution in [1.29, 1.82) is 0 Å². The molecule has 0 saturated heterocycles. The zero-order valence-corrected chi connectivity index (χ0v) is 18.9. The van der Waals surface area contributed by atoms with Gasteiger partial charge in [-0.25, -0.2) is 0 Å². The summed E-state index contributed by atoms with van der Waals surface area (Å²) in [6.07, 6.45) is -11.4. The Kier molecular flexibility index (Phi) is 6.71. The van der Waals surface area contributed by atoms with Gasteiger partial charge in [-0.3, -0.25) is 0 Å². The van der Waals surface area contributed by atoms with Crippen LogP contribution in [0.5, 0.6) is 23.0 Å². The summed E-state index contributed by atoms with van der Waals surface area (Å²) >= 11 is 0. The lowest BCUT2D eigenvalue weighted by atomic mass is 9.73. The predicted octanol–water partition coefficient (Wildman–Crippen LogP) is 8.99. The summed E-state index contributed by atoms with van der Waals surface area (Å²) in [5, 5.41) is 0. The first-order chi connectivity index (χ1) is 17.0. The lowest BCUT2D eigenvalue weighted by molar-refractivity contribution is -0.288.